The Labute approximate surface area is 190 Å². The fraction of sp³-hybridized carbons (Fsp3) is 0.625. The smallest absolute Gasteiger partial charge is 0.233 e. The lowest BCUT2D eigenvalue weighted by molar-refractivity contribution is -0.131. The monoisotopic (exact) mass is 441 g/mol. The van der Waals surface area contributed by atoms with Gasteiger partial charge < -0.3 is 19.3 Å². The Morgan fingerprint density at radius 1 is 1.03 bits per heavy atom. The average molecular weight is 442 g/mol. The van der Waals surface area contributed by atoms with Crippen LogP contribution >= 0.6 is 0 Å². The molecule has 1 aliphatic carbocycles. The van der Waals surface area contributed by atoms with Crippen molar-refractivity contribution in [2.24, 2.45) is 15.4 Å². The summed E-state index contributed by atoms with van der Waals surface area (Å²) >= 11 is 0. The van der Waals surface area contributed by atoms with E-state index >= 15 is 0 Å². The largest absolute Gasteiger partial charge is 0.486 e. The minimum absolute atomic E-state index is 0.0642. The number of allylic oxidation sites excluding steroid dienone is 2. The first-order valence-electron chi connectivity index (χ1n) is 11.6. The first-order chi connectivity index (χ1) is 15.4. The predicted octanol–water partition coefficient (Wildman–Crippen LogP) is 2.41. The molecule has 0 spiro atoms. The number of nitrogens with zero attached hydrogens (tertiary/aromatic N) is 5. The molecule has 0 aromatic heterocycles. The zero-order chi connectivity index (χ0) is 22.7. The summed E-state index contributed by atoms with van der Waals surface area (Å²) in [6.45, 7) is 8.61. The summed E-state index contributed by atoms with van der Waals surface area (Å²) in [5, 5.41) is 0. The molecule has 8 nitrogen and oxygen atoms in total. The summed E-state index contributed by atoms with van der Waals surface area (Å²) in [6.07, 6.45) is 11.2. The average Bonchev–Trinajstić information content (AvgIpc) is 3.08. The Balaban J connectivity index is 1.32. The third-order valence-electron chi connectivity index (χ3n) is 6.54. The third-order valence-corrected chi connectivity index (χ3v) is 6.54. The summed E-state index contributed by atoms with van der Waals surface area (Å²) in [5.74, 6) is 3.37. The van der Waals surface area contributed by atoms with Gasteiger partial charge in [0.2, 0.25) is 5.91 Å². The van der Waals surface area contributed by atoms with Crippen molar-refractivity contribution in [3.8, 4) is 0 Å². The van der Waals surface area contributed by atoms with Gasteiger partial charge in [0, 0.05) is 52.2 Å². The standard InChI is InChI=1S/C24H35N5O3/c1-24(2)10-12-29(23(24)30)22(26-4)21(25-3)28-15-13-27(14-16-28)11-9-18-17-31-19-7-5-6-8-20(19)32-18/h7-9,11,18H,5-6,10,12-17H2,1-4H3/b11-9?,25-21+,26-22+/t18-/m0/s1. The van der Waals surface area contributed by atoms with Crippen LogP contribution in [-0.4, -0.2) is 91.8 Å². The van der Waals surface area contributed by atoms with Gasteiger partial charge in [-0.3, -0.25) is 19.7 Å². The van der Waals surface area contributed by atoms with Crippen LogP contribution in [0.3, 0.4) is 0 Å². The molecule has 0 bridgehead atoms. The molecule has 0 radical (unpaired) electrons. The molecule has 3 fully saturated rings. The molecule has 0 aromatic carbocycles. The van der Waals surface area contributed by atoms with E-state index in [0.717, 1.165) is 62.8 Å². The second-order valence-electron chi connectivity index (χ2n) is 9.23. The number of amidine groups is 2. The van der Waals surface area contributed by atoms with Crippen molar-refractivity contribution in [2.45, 2.75) is 39.2 Å². The van der Waals surface area contributed by atoms with Crippen molar-refractivity contribution in [3.05, 3.63) is 35.9 Å². The Kier molecular flexibility index (Phi) is 6.58. The Morgan fingerprint density at radius 3 is 2.34 bits per heavy atom. The minimum Gasteiger partial charge on any atom is -0.486 e. The molecule has 3 aliphatic heterocycles. The van der Waals surface area contributed by atoms with Gasteiger partial charge in [0.1, 0.15) is 6.61 Å². The molecule has 1 atom stereocenters. The normalized spacial score (nSPS) is 26.6. The number of likely N-dealkylation sites (tertiary alicyclic amines) is 1. The molecule has 32 heavy (non-hydrogen) atoms. The number of amides is 1. The van der Waals surface area contributed by atoms with Crippen LogP contribution in [0.1, 0.15) is 33.1 Å². The Morgan fingerprint density at radius 2 is 1.72 bits per heavy atom. The van der Waals surface area contributed by atoms with Gasteiger partial charge in [0.15, 0.2) is 29.3 Å². The highest BCUT2D eigenvalue weighted by atomic mass is 16.6. The number of carbonyl (C=O) groups excluding carboxylic acids is 1. The van der Waals surface area contributed by atoms with E-state index in [4.69, 9.17) is 9.47 Å². The molecular weight excluding hydrogens is 406 g/mol. The number of fused-ring (bicyclic) bond motifs is 1. The zero-order valence-electron chi connectivity index (χ0n) is 19.7. The van der Waals surface area contributed by atoms with E-state index in [0.29, 0.717) is 19.0 Å². The number of carbonyl (C=O) groups is 1. The SMILES string of the molecule is C/N=C(\C(=N/C)N1CCC(C)(C)C1=O)N1CCN(C=C[C@H]2COC3=CCCC=C3O2)CC1. The third kappa shape index (κ3) is 4.54. The van der Waals surface area contributed by atoms with Crippen molar-refractivity contribution >= 4 is 17.6 Å². The van der Waals surface area contributed by atoms with Crippen LogP contribution in [0.25, 0.3) is 0 Å². The molecule has 3 heterocycles. The molecule has 8 heteroatoms. The number of ether oxygens (including phenoxy) is 2. The Hall–Kier alpha value is -2.77. The predicted molar refractivity (Wildman–Crippen MR) is 125 cm³/mol. The highest BCUT2D eigenvalue weighted by Gasteiger charge is 2.42. The summed E-state index contributed by atoms with van der Waals surface area (Å²) in [4.78, 5) is 28.1. The first kappa shape index (κ1) is 22.4. The lowest BCUT2D eigenvalue weighted by Gasteiger charge is -2.37. The van der Waals surface area contributed by atoms with Crippen LogP contribution in [-0.2, 0) is 14.3 Å². The zero-order valence-corrected chi connectivity index (χ0v) is 19.7. The maximum atomic E-state index is 12.8. The van der Waals surface area contributed by atoms with E-state index in [-0.39, 0.29) is 17.4 Å². The van der Waals surface area contributed by atoms with Gasteiger partial charge >= 0.3 is 0 Å². The summed E-state index contributed by atoms with van der Waals surface area (Å²) in [7, 11) is 3.52. The van der Waals surface area contributed by atoms with E-state index in [1.54, 1.807) is 19.0 Å². The van der Waals surface area contributed by atoms with Crippen molar-refractivity contribution in [1.29, 1.82) is 0 Å². The highest BCUT2D eigenvalue weighted by Crippen LogP contribution is 2.31. The van der Waals surface area contributed by atoms with Crippen LogP contribution < -0.4 is 0 Å². The van der Waals surface area contributed by atoms with Crippen LogP contribution in [0.5, 0.6) is 0 Å². The summed E-state index contributed by atoms with van der Waals surface area (Å²) < 4.78 is 11.9. The van der Waals surface area contributed by atoms with E-state index in [9.17, 15) is 4.79 Å². The van der Waals surface area contributed by atoms with Gasteiger partial charge in [-0.2, -0.15) is 0 Å². The van der Waals surface area contributed by atoms with Crippen LogP contribution in [0.15, 0.2) is 45.9 Å². The number of rotatable bonds is 2. The molecule has 4 rings (SSSR count). The van der Waals surface area contributed by atoms with Gasteiger partial charge in [0.05, 0.1) is 0 Å². The maximum absolute atomic E-state index is 12.8. The van der Waals surface area contributed by atoms with E-state index in [2.05, 4.69) is 44.2 Å². The van der Waals surface area contributed by atoms with E-state index in [1.807, 2.05) is 13.8 Å². The first-order valence-corrected chi connectivity index (χ1v) is 11.6. The lowest BCUT2D eigenvalue weighted by atomic mass is 9.92. The molecule has 1 amide bonds. The second kappa shape index (κ2) is 9.38. The maximum Gasteiger partial charge on any atom is 0.233 e. The minimum atomic E-state index is -0.340. The highest BCUT2D eigenvalue weighted by molar-refractivity contribution is 6.42. The van der Waals surface area contributed by atoms with Gasteiger partial charge in [-0.1, -0.05) is 13.8 Å². The van der Waals surface area contributed by atoms with Crippen molar-refractivity contribution in [2.75, 3.05) is 53.4 Å². The van der Waals surface area contributed by atoms with E-state index in [1.165, 1.54) is 0 Å². The number of hydrogen-bond donors (Lipinski definition) is 0. The molecule has 0 saturated carbocycles. The van der Waals surface area contributed by atoms with Gasteiger partial charge in [-0.25, -0.2) is 0 Å². The van der Waals surface area contributed by atoms with Crippen LogP contribution in [0.2, 0.25) is 0 Å². The van der Waals surface area contributed by atoms with Crippen molar-refractivity contribution in [3.63, 3.8) is 0 Å². The molecule has 0 unspecified atom stereocenters. The van der Waals surface area contributed by atoms with Crippen LogP contribution in [0, 0.1) is 5.41 Å². The fourth-order valence-electron chi connectivity index (χ4n) is 4.52. The molecular formula is C24H35N5O3. The molecule has 0 N–H and O–H groups in total. The van der Waals surface area contributed by atoms with Crippen LogP contribution in [0.4, 0.5) is 0 Å². The second-order valence-corrected chi connectivity index (χ2v) is 9.23. The number of piperazine rings is 1. The quantitative estimate of drug-likeness (QED) is 0.486. The Bertz CT molecular complexity index is 878. The summed E-state index contributed by atoms with van der Waals surface area (Å²) in [5.41, 5.74) is -0.340. The van der Waals surface area contributed by atoms with Gasteiger partial charge in [-0.05, 0) is 43.7 Å². The molecule has 3 saturated heterocycles. The lowest BCUT2D eigenvalue weighted by Crippen LogP contribution is -2.53. The molecule has 0 aromatic rings. The molecule has 4 aliphatic rings. The van der Waals surface area contributed by atoms with Gasteiger partial charge in [0.25, 0.3) is 0 Å². The van der Waals surface area contributed by atoms with Gasteiger partial charge in [-0.15, -0.1) is 0 Å². The van der Waals surface area contributed by atoms with Crippen molar-refractivity contribution < 1.29 is 14.3 Å². The topological polar surface area (TPSA) is 70.0 Å². The van der Waals surface area contributed by atoms with Crippen molar-refractivity contribution in [1.82, 2.24) is 14.7 Å². The molecule has 174 valence electrons. The number of aliphatic imine (C=N–C) groups is 2. The fourth-order valence-corrected chi connectivity index (χ4v) is 4.52. The number of hydrogen-bond acceptors (Lipinski definition) is 6. The summed E-state index contributed by atoms with van der Waals surface area (Å²) in [6, 6.07) is 0. The van der Waals surface area contributed by atoms with E-state index < -0.39 is 0 Å².